The molecular formula is C27H24N2O7. The Morgan fingerprint density at radius 1 is 0.861 bits per heavy atom. The maximum Gasteiger partial charge on any atom is 0.330 e. The predicted molar refractivity (Wildman–Crippen MR) is 130 cm³/mol. The number of fused-ring (bicyclic) bond motifs is 1. The molecule has 36 heavy (non-hydrogen) atoms. The van der Waals surface area contributed by atoms with Crippen LogP contribution in [-0.2, 0) is 20.7 Å². The van der Waals surface area contributed by atoms with Crippen molar-refractivity contribution in [1.82, 2.24) is 4.90 Å². The third-order valence-corrected chi connectivity index (χ3v) is 5.71. The van der Waals surface area contributed by atoms with E-state index in [4.69, 9.17) is 14.2 Å². The fourth-order valence-corrected chi connectivity index (χ4v) is 3.94. The zero-order chi connectivity index (χ0) is 25.7. The van der Waals surface area contributed by atoms with Gasteiger partial charge >= 0.3 is 5.97 Å². The van der Waals surface area contributed by atoms with Gasteiger partial charge in [0.2, 0.25) is 0 Å². The minimum Gasteiger partial charge on any atom is -0.497 e. The van der Waals surface area contributed by atoms with Crippen molar-refractivity contribution in [2.75, 3.05) is 26.1 Å². The summed E-state index contributed by atoms with van der Waals surface area (Å²) in [5.41, 5.74) is 1.49. The lowest BCUT2D eigenvalue weighted by Crippen LogP contribution is -2.47. The normalized spacial score (nSPS) is 13.1. The van der Waals surface area contributed by atoms with Crippen molar-refractivity contribution >= 4 is 29.4 Å². The molecule has 9 heteroatoms. The van der Waals surface area contributed by atoms with Gasteiger partial charge in [0.05, 0.1) is 31.0 Å². The monoisotopic (exact) mass is 488 g/mol. The molecule has 0 bridgehead atoms. The Labute approximate surface area is 207 Å². The second kappa shape index (κ2) is 10.7. The van der Waals surface area contributed by atoms with Crippen LogP contribution in [-0.4, -0.2) is 55.5 Å². The Balaban J connectivity index is 1.51. The highest BCUT2D eigenvalue weighted by Gasteiger charge is 2.43. The molecular weight excluding hydrogens is 464 g/mol. The lowest BCUT2D eigenvalue weighted by Gasteiger charge is -2.24. The lowest BCUT2D eigenvalue weighted by atomic mass is 10.0. The molecule has 184 valence electrons. The first-order valence-electron chi connectivity index (χ1n) is 11.1. The Hall–Kier alpha value is -4.66. The van der Waals surface area contributed by atoms with Crippen LogP contribution in [0, 0.1) is 0 Å². The molecule has 0 saturated carbocycles. The molecule has 0 saturated heterocycles. The quantitative estimate of drug-likeness (QED) is 0.364. The van der Waals surface area contributed by atoms with E-state index in [1.165, 1.54) is 26.4 Å². The van der Waals surface area contributed by atoms with Crippen LogP contribution in [0.2, 0.25) is 0 Å². The van der Waals surface area contributed by atoms with Crippen molar-refractivity contribution in [3.05, 3.63) is 89.5 Å². The minimum atomic E-state index is -1.25. The molecule has 3 aromatic rings. The lowest BCUT2D eigenvalue weighted by molar-refractivity contribution is -0.151. The van der Waals surface area contributed by atoms with E-state index < -0.39 is 36.3 Å². The fourth-order valence-electron chi connectivity index (χ4n) is 3.94. The Morgan fingerprint density at radius 3 is 2.11 bits per heavy atom. The molecule has 0 fully saturated rings. The molecule has 1 aliphatic rings. The zero-order valence-electron chi connectivity index (χ0n) is 19.7. The van der Waals surface area contributed by atoms with E-state index in [9.17, 15) is 19.2 Å². The van der Waals surface area contributed by atoms with Crippen LogP contribution in [0.4, 0.5) is 5.69 Å². The highest BCUT2D eigenvalue weighted by atomic mass is 16.5. The summed E-state index contributed by atoms with van der Waals surface area (Å²) in [6.07, 6.45) is 0.0382. The topological polar surface area (TPSA) is 111 Å². The van der Waals surface area contributed by atoms with Gasteiger partial charge < -0.3 is 19.5 Å². The van der Waals surface area contributed by atoms with Gasteiger partial charge in [-0.05, 0) is 29.8 Å². The molecule has 1 heterocycles. The maximum absolute atomic E-state index is 13.2. The molecule has 0 unspecified atom stereocenters. The van der Waals surface area contributed by atoms with Crippen molar-refractivity contribution in [3.8, 4) is 11.5 Å². The van der Waals surface area contributed by atoms with Gasteiger partial charge in [-0.2, -0.15) is 0 Å². The zero-order valence-corrected chi connectivity index (χ0v) is 19.7. The van der Waals surface area contributed by atoms with Gasteiger partial charge in [-0.3, -0.25) is 19.3 Å². The SMILES string of the molecule is COc1ccc(OC)c(NC(=O)COC(=O)[C@H](Cc2ccccc2)N2C(=O)c3ccccc3C2=O)c1. The van der Waals surface area contributed by atoms with E-state index in [1.807, 2.05) is 6.07 Å². The highest BCUT2D eigenvalue weighted by molar-refractivity contribution is 6.22. The van der Waals surface area contributed by atoms with Crippen LogP contribution in [0.25, 0.3) is 0 Å². The summed E-state index contributed by atoms with van der Waals surface area (Å²) in [6, 6.07) is 18.9. The molecule has 0 radical (unpaired) electrons. The number of nitrogens with one attached hydrogen (secondary N) is 1. The van der Waals surface area contributed by atoms with E-state index in [2.05, 4.69) is 5.32 Å². The summed E-state index contributed by atoms with van der Waals surface area (Å²) < 4.78 is 15.7. The predicted octanol–water partition coefficient (Wildman–Crippen LogP) is 3.09. The molecule has 0 spiro atoms. The van der Waals surface area contributed by atoms with Crippen LogP contribution < -0.4 is 14.8 Å². The van der Waals surface area contributed by atoms with Crippen LogP contribution in [0.15, 0.2) is 72.8 Å². The number of nitrogens with zero attached hydrogens (tertiary/aromatic N) is 1. The number of imide groups is 1. The van der Waals surface area contributed by atoms with Gasteiger partial charge in [0.15, 0.2) is 6.61 Å². The Morgan fingerprint density at radius 2 is 1.50 bits per heavy atom. The standard InChI is InChI=1S/C27H24N2O7/c1-34-18-12-13-23(35-2)21(15-18)28-24(30)16-36-27(33)22(14-17-8-4-3-5-9-17)29-25(31)19-10-6-7-11-20(19)26(29)32/h3-13,15,22H,14,16H2,1-2H3,(H,28,30)/t22-/m0/s1. The molecule has 4 rings (SSSR count). The second-order valence-corrected chi connectivity index (χ2v) is 7.95. The van der Waals surface area contributed by atoms with Crippen molar-refractivity contribution in [3.63, 3.8) is 0 Å². The molecule has 0 aliphatic carbocycles. The Bertz CT molecular complexity index is 1270. The van der Waals surface area contributed by atoms with Crippen LogP contribution >= 0.6 is 0 Å². The molecule has 9 nitrogen and oxygen atoms in total. The number of benzene rings is 3. The first-order chi connectivity index (χ1) is 17.4. The van der Waals surface area contributed by atoms with Gasteiger partial charge in [0, 0.05) is 12.5 Å². The van der Waals surface area contributed by atoms with E-state index in [-0.39, 0.29) is 17.5 Å². The van der Waals surface area contributed by atoms with Gasteiger partial charge in [-0.15, -0.1) is 0 Å². The third kappa shape index (κ3) is 5.05. The fraction of sp³-hybridized carbons (Fsp3) is 0.185. The number of rotatable bonds is 9. The van der Waals surface area contributed by atoms with Crippen LogP contribution in [0.5, 0.6) is 11.5 Å². The first-order valence-corrected chi connectivity index (χ1v) is 11.1. The first kappa shape index (κ1) is 24.5. The summed E-state index contributed by atoms with van der Waals surface area (Å²) in [7, 11) is 2.94. The van der Waals surface area contributed by atoms with Crippen LogP contribution in [0.1, 0.15) is 26.3 Å². The summed E-state index contributed by atoms with van der Waals surface area (Å²) in [4.78, 5) is 52.7. The molecule has 1 N–H and O–H groups in total. The number of carbonyl (C=O) groups excluding carboxylic acids is 4. The van der Waals surface area contributed by atoms with Gasteiger partial charge in [-0.1, -0.05) is 42.5 Å². The Kier molecular flexibility index (Phi) is 7.29. The van der Waals surface area contributed by atoms with E-state index >= 15 is 0 Å². The van der Waals surface area contributed by atoms with Gasteiger partial charge in [0.25, 0.3) is 17.7 Å². The summed E-state index contributed by atoms with van der Waals surface area (Å²) in [5.74, 6) is -1.78. The molecule has 3 amide bonds. The summed E-state index contributed by atoms with van der Waals surface area (Å²) in [6.45, 7) is -0.631. The summed E-state index contributed by atoms with van der Waals surface area (Å²) >= 11 is 0. The minimum absolute atomic E-state index is 0.0382. The average Bonchev–Trinajstić information content (AvgIpc) is 3.16. The van der Waals surface area contributed by atoms with Crippen molar-refractivity contribution in [2.45, 2.75) is 12.5 Å². The number of amides is 3. The third-order valence-electron chi connectivity index (χ3n) is 5.71. The highest BCUT2D eigenvalue weighted by Crippen LogP contribution is 2.29. The molecule has 1 atom stereocenters. The summed E-state index contributed by atoms with van der Waals surface area (Å²) in [5, 5.41) is 2.61. The molecule has 1 aliphatic heterocycles. The number of carbonyl (C=O) groups is 4. The number of ether oxygens (including phenoxy) is 3. The largest absolute Gasteiger partial charge is 0.497 e. The number of hydrogen-bond acceptors (Lipinski definition) is 7. The van der Waals surface area contributed by atoms with Crippen molar-refractivity contribution in [1.29, 1.82) is 0 Å². The van der Waals surface area contributed by atoms with E-state index in [1.54, 1.807) is 54.6 Å². The average molecular weight is 488 g/mol. The van der Waals surface area contributed by atoms with Gasteiger partial charge in [-0.25, -0.2) is 4.79 Å². The van der Waals surface area contributed by atoms with E-state index in [0.29, 0.717) is 17.2 Å². The number of esters is 1. The molecule has 3 aromatic carbocycles. The maximum atomic E-state index is 13.2. The van der Waals surface area contributed by atoms with Crippen LogP contribution in [0.3, 0.4) is 0 Å². The number of methoxy groups -OCH3 is 2. The number of anilines is 1. The van der Waals surface area contributed by atoms with Crippen molar-refractivity contribution in [2.24, 2.45) is 0 Å². The smallest absolute Gasteiger partial charge is 0.330 e. The second-order valence-electron chi connectivity index (χ2n) is 7.95. The van der Waals surface area contributed by atoms with E-state index in [0.717, 1.165) is 10.5 Å². The van der Waals surface area contributed by atoms with Crippen molar-refractivity contribution < 1.29 is 33.4 Å². The van der Waals surface area contributed by atoms with Gasteiger partial charge in [0.1, 0.15) is 17.5 Å². The number of hydrogen-bond donors (Lipinski definition) is 1. The molecule has 0 aromatic heterocycles.